The molecule has 7 heteroatoms. The zero-order chi connectivity index (χ0) is 22.3. The summed E-state index contributed by atoms with van der Waals surface area (Å²) in [5.41, 5.74) is 2.89. The maximum atomic E-state index is 14.6. The highest BCUT2D eigenvalue weighted by Crippen LogP contribution is 2.41. The van der Waals surface area contributed by atoms with E-state index in [0.29, 0.717) is 29.8 Å². The fraction of sp³-hybridized carbons (Fsp3) is 0.333. The Labute approximate surface area is 180 Å². The number of methoxy groups -OCH3 is 1. The van der Waals surface area contributed by atoms with Gasteiger partial charge >= 0.3 is 0 Å². The van der Waals surface area contributed by atoms with E-state index >= 15 is 0 Å². The van der Waals surface area contributed by atoms with E-state index < -0.39 is 11.6 Å². The molecule has 0 N–H and O–H groups in total. The van der Waals surface area contributed by atoms with Crippen LogP contribution in [0.2, 0.25) is 0 Å². The Kier molecular flexibility index (Phi) is 5.52. The molecule has 0 spiro atoms. The smallest absolute Gasteiger partial charge is 0.254 e. The summed E-state index contributed by atoms with van der Waals surface area (Å²) in [7, 11) is 3.29. The molecule has 1 aliphatic heterocycles. The summed E-state index contributed by atoms with van der Waals surface area (Å²) in [6.07, 6.45) is 1.15. The van der Waals surface area contributed by atoms with Crippen molar-refractivity contribution >= 4 is 5.91 Å². The lowest BCUT2D eigenvalue weighted by molar-refractivity contribution is 0.0544. The van der Waals surface area contributed by atoms with Crippen molar-refractivity contribution < 1.29 is 18.3 Å². The van der Waals surface area contributed by atoms with Crippen LogP contribution in [0, 0.1) is 11.6 Å². The zero-order valence-electron chi connectivity index (χ0n) is 18.0. The molecule has 2 heterocycles. The van der Waals surface area contributed by atoms with Crippen LogP contribution < -0.4 is 4.74 Å². The summed E-state index contributed by atoms with van der Waals surface area (Å²) in [6, 6.07) is 10.1. The van der Waals surface area contributed by atoms with Crippen LogP contribution >= 0.6 is 0 Å². The van der Waals surface area contributed by atoms with Gasteiger partial charge in [-0.25, -0.2) is 8.78 Å². The SMILES string of the molecule is CCC1c2nn(C)c(-c3cc(F)ccc3F)c2CC(C)N1C(=O)c1cccc(OC)c1. The molecule has 0 bridgehead atoms. The molecule has 0 radical (unpaired) electrons. The van der Waals surface area contributed by atoms with Gasteiger partial charge in [-0.2, -0.15) is 5.10 Å². The minimum Gasteiger partial charge on any atom is -0.497 e. The van der Waals surface area contributed by atoms with E-state index in [1.54, 1.807) is 43.1 Å². The summed E-state index contributed by atoms with van der Waals surface area (Å²) in [4.78, 5) is 15.3. The van der Waals surface area contributed by atoms with E-state index in [-0.39, 0.29) is 23.6 Å². The minimum atomic E-state index is -0.503. The Balaban J connectivity index is 1.80. The molecule has 2 atom stereocenters. The lowest BCUT2D eigenvalue weighted by atomic mass is 9.89. The molecule has 3 aromatic rings. The van der Waals surface area contributed by atoms with Gasteiger partial charge in [0.2, 0.25) is 0 Å². The van der Waals surface area contributed by atoms with Gasteiger partial charge in [-0.3, -0.25) is 9.48 Å². The third kappa shape index (κ3) is 3.58. The number of fused-ring (bicyclic) bond motifs is 1. The van der Waals surface area contributed by atoms with E-state index in [1.165, 1.54) is 6.07 Å². The summed E-state index contributed by atoms with van der Waals surface area (Å²) >= 11 is 0. The Morgan fingerprint density at radius 2 is 2.00 bits per heavy atom. The molecule has 0 saturated carbocycles. The van der Waals surface area contributed by atoms with Crippen LogP contribution in [-0.4, -0.2) is 33.7 Å². The maximum Gasteiger partial charge on any atom is 0.254 e. The second-order valence-corrected chi connectivity index (χ2v) is 7.88. The van der Waals surface area contributed by atoms with Gasteiger partial charge in [0.1, 0.15) is 17.4 Å². The van der Waals surface area contributed by atoms with Crippen LogP contribution in [0.3, 0.4) is 0 Å². The van der Waals surface area contributed by atoms with Crippen molar-refractivity contribution in [3.05, 3.63) is 70.9 Å². The highest BCUT2D eigenvalue weighted by molar-refractivity contribution is 5.95. The number of ether oxygens (including phenoxy) is 1. The van der Waals surface area contributed by atoms with Crippen LogP contribution in [0.1, 0.15) is 47.9 Å². The highest BCUT2D eigenvalue weighted by atomic mass is 19.1. The third-order valence-corrected chi connectivity index (χ3v) is 5.92. The molecule has 0 fully saturated rings. The zero-order valence-corrected chi connectivity index (χ0v) is 18.0. The molecular formula is C24H25F2N3O2. The first-order chi connectivity index (χ1) is 14.8. The van der Waals surface area contributed by atoms with Gasteiger partial charge in [0, 0.05) is 29.8 Å². The molecule has 1 aromatic heterocycles. The van der Waals surface area contributed by atoms with Gasteiger partial charge in [0.05, 0.1) is 24.5 Å². The highest BCUT2D eigenvalue weighted by Gasteiger charge is 2.39. The number of aryl methyl sites for hydroxylation is 1. The minimum absolute atomic E-state index is 0.104. The summed E-state index contributed by atoms with van der Waals surface area (Å²) in [5.74, 6) is -0.487. The molecule has 2 unspecified atom stereocenters. The first-order valence-corrected chi connectivity index (χ1v) is 10.3. The lowest BCUT2D eigenvalue weighted by Gasteiger charge is -2.40. The lowest BCUT2D eigenvalue weighted by Crippen LogP contribution is -2.45. The molecule has 31 heavy (non-hydrogen) atoms. The van der Waals surface area contributed by atoms with Crippen molar-refractivity contribution in [2.75, 3.05) is 7.11 Å². The number of halogens is 2. The van der Waals surface area contributed by atoms with Crippen LogP contribution in [0.4, 0.5) is 8.78 Å². The van der Waals surface area contributed by atoms with Crippen molar-refractivity contribution in [3.63, 3.8) is 0 Å². The molecule has 2 aromatic carbocycles. The molecule has 4 rings (SSSR count). The van der Waals surface area contributed by atoms with Crippen LogP contribution in [0.5, 0.6) is 5.75 Å². The summed E-state index contributed by atoms with van der Waals surface area (Å²) < 4.78 is 35.3. The number of nitrogens with zero attached hydrogens (tertiary/aromatic N) is 3. The van der Waals surface area contributed by atoms with Crippen molar-refractivity contribution in [1.29, 1.82) is 0 Å². The number of hydrogen-bond donors (Lipinski definition) is 0. The third-order valence-electron chi connectivity index (χ3n) is 5.92. The number of carbonyl (C=O) groups excluding carboxylic acids is 1. The second kappa shape index (κ2) is 8.13. The van der Waals surface area contributed by atoms with Crippen molar-refractivity contribution in [1.82, 2.24) is 14.7 Å². The molecular weight excluding hydrogens is 400 g/mol. The van der Waals surface area contributed by atoms with Crippen molar-refractivity contribution in [2.45, 2.75) is 38.8 Å². The first kappa shape index (κ1) is 21.0. The van der Waals surface area contributed by atoms with E-state index in [4.69, 9.17) is 4.74 Å². The number of aromatic nitrogens is 2. The van der Waals surface area contributed by atoms with E-state index in [0.717, 1.165) is 23.4 Å². The normalized spacial score (nSPS) is 18.1. The monoisotopic (exact) mass is 425 g/mol. The van der Waals surface area contributed by atoms with Gasteiger partial charge < -0.3 is 9.64 Å². The predicted molar refractivity (Wildman–Crippen MR) is 114 cm³/mol. The van der Waals surface area contributed by atoms with Gasteiger partial charge in [0.25, 0.3) is 5.91 Å². The molecule has 5 nitrogen and oxygen atoms in total. The molecule has 0 saturated heterocycles. The van der Waals surface area contributed by atoms with Crippen molar-refractivity contribution in [3.8, 4) is 17.0 Å². The van der Waals surface area contributed by atoms with E-state index in [9.17, 15) is 13.6 Å². The Hall–Kier alpha value is -3.22. The van der Waals surface area contributed by atoms with Crippen LogP contribution in [0.25, 0.3) is 11.3 Å². The van der Waals surface area contributed by atoms with Gasteiger partial charge in [-0.05, 0) is 56.2 Å². The average Bonchev–Trinajstić information content (AvgIpc) is 3.09. The maximum absolute atomic E-state index is 14.6. The fourth-order valence-electron chi connectivity index (χ4n) is 4.54. The predicted octanol–water partition coefficient (Wildman–Crippen LogP) is 4.91. The first-order valence-electron chi connectivity index (χ1n) is 10.3. The Morgan fingerprint density at radius 3 is 2.71 bits per heavy atom. The van der Waals surface area contributed by atoms with Gasteiger partial charge in [0.15, 0.2) is 0 Å². The van der Waals surface area contributed by atoms with Crippen LogP contribution in [-0.2, 0) is 13.5 Å². The Bertz CT molecular complexity index is 1140. The van der Waals surface area contributed by atoms with Gasteiger partial charge in [-0.15, -0.1) is 0 Å². The molecule has 0 aliphatic carbocycles. The van der Waals surface area contributed by atoms with Crippen molar-refractivity contribution in [2.24, 2.45) is 7.05 Å². The Morgan fingerprint density at radius 1 is 1.23 bits per heavy atom. The summed E-state index contributed by atoms with van der Waals surface area (Å²) in [5, 5.41) is 4.65. The average molecular weight is 425 g/mol. The fourth-order valence-corrected chi connectivity index (χ4v) is 4.54. The largest absolute Gasteiger partial charge is 0.497 e. The summed E-state index contributed by atoms with van der Waals surface area (Å²) in [6.45, 7) is 3.97. The van der Waals surface area contributed by atoms with E-state index in [2.05, 4.69) is 5.10 Å². The molecule has 1 aliphatic rings. The van der Waals surface area contributed by atoms with Gasteiger partial charge in [-0.1, -0.05) is 13.0 Å². The number of carbonyl (C=O) groups is 1. The topological polar surface area (TPSA) is 47.4 Å². The second-order valence-electron chi connectivity index (χ2n) is 7.88. The number of benzene rings is 2. The number of amides is 1. The number of hydrogen-bond acceptors (Lipinski definition) is 3. The van der Waals surface area contributed by atoms with Crippen LogP contribution in [0.15, 0.2) is 42.5 Å². The van der Waals surface area contributed by atoms with E-state index in [1.807, 2.05) is 18.7 Å². The quantitative estimate of drug-likeness (QED) is 0.597. The molecule has 1 amide bonds. The molecule has 162 valence electrons. The standard InChI is InChI=1S/C24H25F2N3O2/c1-5-21-22-19(23(28(3)27-22)18-13-16(25)9-10-20(18)26)11-14(2)29(21)24(30)15-7-6-8-17(12-15)31-4/h6-10,12-14,21H,5,11H2,1-4H3. The number of rotatable bonds is 4.